The summed E-state index contributed by atoms with van der Waals surface area (Å²) in [6.07, 6.45) is 1.50. The molecule has 0 aliphatic carbocycles. The highest BCUT2D eigenvalue weighted by atomic mass is 16.6. The molecule has 23 heavy (non-hydrogen) atoms. The number of anilines is 1. The molecule has 1 unspecified atom stereocenters. The molecule has 2 aromatic rings. The van der Waals surface area contributed by atoms with Crippen molar-refractivity contribution in [2.24, 2.45) is 0 Å². The molecule has 1 heterocycles. The van der Waals surface area contributed by atoms with Crippen LogP contribution in [0.25, 0.3) is 0 Å². The zero-order valence-electron chi connectivity index (χ0n) is 12.3. The standard InChI is InChI=1S/C15H14N4O4/c1-10(15(20)17-9-12-3-2-6-23-12)18-13-7-11(8-16)4-5-14(13)19(21)22/h2-7,10,18H,9H2,1H3,(H,17,20). The van der Waals surface area contributed by atoms with Gasteiger partial charge in [0.15, 0.2) is 0 Å². The highest BCUT2D eigenvalue weighted by Crippen LogP contribution is 2.25. The Labute approximate surface area is 131 Å². The van der Waals surface area contributed by atoms with E-state index in [4.69, 9.17) is 9.68 Å². The molecule has 0 saturated heterocycles. The first-order valence-electron chi connectivity index (χ1n) is 6.76. The van der Waals surface area contributed by atoms with Crippen LogP contribution in [0.5, 0.6) is 0 Å². The first kappa shape index (κ1) is 16.0. The van der Waals surface area contributed by atoms with Gasteiger partial charge in [0, 0.05) is 6.07 Å². The molecule has 118 valence electrons. The molecule has 0 bridgehead atoms. The number of amides is 1. The Morgan fingerprint density at radius 1 is 1.48 bits per heavy atom. The number of hydrogen-bond donors (Lipinski definition) is 2. The topological polar surface area (TPSA) is 121 Å². The van der Waals surface area contributed by atoms with E-state index in [0.29, 0.717) is 5.76 Å². The van der Waals surface area contributed by atoms with Crippen LogP contribution in [0.4, 0.5) is 11.4 Å². The number of nitro benzene ring substituents is 1. The maximum absolute atomic E-state index is 12.0. The Bertz CT molecular complexity index is 749. The second-order valence-corrected chi connectivity index (χ2v) is 4.76. The summed E-state index contributed by atoms with van der Waals surface area (Å²) in [6.45, 7) is 1.79. The number of nitro groups is 1. The van der Waals surface area contributed by atoms with E-state index in [2.05, 4.69) is 10.6 Å². The summed E-state index contributed by atoms with van der Waals surface area (Å²) in [7, 11) is 0. The van der Waals surface area contributed by atoms with Gasteiger partial charge in [-0.2, -0.15) is 5.26 Å². The zero-order chi connectivity index (χ0) is 16.8. The third-order valence-electron chi connectivity index (χ3n) is 3.10. The van der Waals surface area contributed by atoms with Crippen molar-refractivity contribution in [2.75, 3.05) is 5.32 Å². The average Bonchev–Trinajstić information content (AvgIpc) is 3.05. The lowest BCUT2D eigenvalue weighted by Gasteiger charge is -2.15. The minimum absolute atomic E-state index is 0.120. The van der Waals surface area contributed by atoms with Crippen LogP contribution in [0, 0.1) is 21.4 Å². The summed E-state index contributed by atoms with van der Waals surface area (Å²) in [6, 6.07) is 8.53. The van der Waals surface area contributed by atoms with Gasteiger partial charge < -0.3 is 15.1 Å². The highest BCUT2D eigenvalue weighted by Gasteiger charge is 2.19. The minimum Gasteiger partial charge on any atom is -0.467 e. The lowest BCUT2D eigenvalue weighted by Crippen LogP contribution is -2.37. The van der Waals surface area contributed by atoms with E-state index in [1.807, 2.05) is 6.07 Å². The summed E-state index contributed by atoms with van der Waals surface area (Å²) in [5.41, 5.74) is 0.186. The van der Waals surface area contributed by atoms with Crippen LogP contribution in [0.15, 0.2) is 41.0 Å². The molecule has 8 heteroatoms. The number of nitriles is 1. The number of furan rings is 1. The molecular weight excluding hydrogens is 300 g/mol. The largest absolute Gasteiger partial charge is 0.467 e. The van der Waals surface area contributed by atoms with Crippen LogP contribution >= 0.6 is 0 Å². The molecule has 1 amide bonds. The predicted molar refractivity (Wildman–Crippen MR) is 81.5 cm³/mol. The Morgan fingerprint density at radius 2 is 2.26 bits per heavy atom. The van der Waals surface area contributed by atoms with Crippen molar-refractivity contribution in [3.05, 3.63) is 58.0 Å². The number of hydrogen-bond acceptors (Lipinski definition) is 6. The Morgan fingerprint density at radius 3 is 2.87 bits per heavy atom. The van der Waals surface area contributed by atoms with Gasteiger partial charge in [-0.25, -0.2) is 0 Å². The zero-order valence-corrected chi connectivity index (χ0v) is 12.3. The fraction of sp³-hybridized carbons (Fsp3) is 0.200. The van der Waals surface area contributed by atoms with Crippen LogP contribution in [0.2, 0.25) is 0 Å². The number of benzene rings is 1. The van der Waals surface area contributed by atoms with Crippen LogP contribution in [-0.2, 0) is 11.3 Å². The molecule has 2 N–H and O–H groups in total. The van der Waals surface area contributed by atoms with Crippen molar-refractivity contribution in [2.45, 2.75) is 19.5 Å². The molecular formula is C15H14N4O4. The van der Waals surface area contributed by atoms with E-state index in [-0.39, 0.29) is 29.4 Å². The lowest BCUT2D eigenvalue weighted by atomic mass is 10.1. The van der Waals surface area contributed by atoms with E-state index < -0.39 is 11.0 Å². The van der Waals surface area contributed by atoms with Gasteiger partial charge in [-0.15, -0.1) is 0 Å². The number of carbonyl (C=O) groups is 1. The van der Waals surface area contributed by atoms with Crippen LogP contribution in [0.1, 0.15) is 18.2 Å². The number of nitrogens with zero attached hydrogens (tertiary/aromatic N) is 2. The third kappa shape index (κ3) is 4.07. The van der Waals surface area contributed by atoms with Crippen molar-refractivity contribution >= 4 is 17.3 Å². The highest BCUT2D eigenvalue weighted by molar-refractivity contribution is 5.85. The molecule has 1 aromatic carbocycles. The van der Waals surface area contributed by atoms with Gasteiger partial charge in [0.1, 0.15) is 17.5 Å². The Balaban J connectivity index is 2.06. The van der Waals surface area contributed by atoms with E-state index in [1.54, 1.807) is 19.1 Å². The van der Waals surface area contributed by atoms with E-state index in [0.717, 1.165) is 0 Å². The van der Waals surface area contributed by atoms with Gasteiger partial charge in [0.05, 0.1) is 29.4 Å². The molecule has 0 radical (unpaired) electrons. The fourth-order valence-electron chi connectivity index (χ4n) is 1.92. The maximum atomic E-state index is 12.0. The van der Waals surface area contributed by atoms with Gasteiger partial charge in [0.25, 0.3) is 5.69 Å². The lowest BCUT2D eigenvalue weighted by molar-refractivity contribution is -0.384. The molecule has 0 spiro atoms. The maximum Gasteiger partial charge on any atom is 0.292 e. The molecule has 0 saturated carbocycles. The normalized spacial score (nSPS) is 11.3. The molecule has 1 aromatic heterocycles. The Hall–Kier alpha value is -3.34. The summed E-state index contributed by atoms with van der Waals surface area (Å²) in [5.74, 6) is 0.251. The van der Waals surface area contributed by atoms with E-state index in [9.17, 15) is 14.9 Å². The van der Waals surface area contributed by atoms with Gasteiger partial charge in [-0.1, -0.05) is 0 Å². The summed E-state index contributed by atoms with van der Waals surface area (Å²) < 4.78 is 5.10. The predicted octanol–water partition coefficient (Wildman–Crippen LogP) is 2.18. The van der Waals surface area contributed by atoms with Gasteiger partial charge >= 0.3 is 0 Å². The van der Waals surface area contributed by atoms with Crippen molar-refractivity contribution in [3.8, 4) is 6.07 Å². The summed E-state index contributed by atoms with van der Waals surface area (Å²) >= 11 is 0. The SMILES string of the molecule is CC(Nc1cc(C#N)ccc1[N+](=O)[O-])C(=O)NCc1ccco1. The summed E-state index contributed by atoms with van der Waals surface area (Å²) in [5, 5.41) is 25.3. The second-order valence-electron chi connectivity index (χ2n) is 4.76. The number of rotatable bonds is 6. The molecule has 8 nitrogen and oxygen atoms in total. The molecule has 2 rings (SSSR count). The van der Waals surface area contributed by atoms with Gasteiger partial charge in [-0.3, -0.25) is 14.9 Å². The van der Waals surface area contributed by atoms with Crippen molar-refractivity contribution in [1.82, 2.24) is 5.32 Å². The van der Waals surface area contributed by atoms with Crippen molar-refractivity contribution in [1.29, 1.82) is 5.26 Å². The van der Waals surface area contributed by atoms with Crippen LogP contribution in [-0.4, -0.2) is 16.9 Å². The first-order valence-corrected chi connectivity index (χ1v) is 6.76. The molecule has 0 aliphatic heterocycles. The third-order valence-corrected chi connectivity index (χ3v) is 3.10. The van der Waals surface area contributed by atoms with Crippen molar-refractivity contribution in [3.63, 3.8) is 0 Å². The number of nitrogens with one attached hydrogen (secondary N) is 2. The first-order chi connectivity index (χ1) is 11.0. The molecule has 0 aliphatic rings. The number of carbonyl (C=O) groups excluding carboxylic acids is 1. The minimum atomic E-state index is -0.724. The molecule has 1 atom stereocenters. The quantitative estimate of drug-likeness (QED) is 0.622. The second kappa shape index (κ2) is 7.09. The van der Waals surface area contributed by atoms with E-state index >= 15 is 0 Å². The van der Waals surface area contributed by atoms with Crippen LogP contribution in [0.3, 0.4) is 0 Å². The van der Waals surface area contributed by atoms with E-state index in [1.165, 1.54) is 24.5 Å². The van der Waals surface area contributed by atoms with Crippen LogP contribution < -0.4 is 10.6 Å². The smallest absolute Gasteiger partial charge is 0.292 e. The monoisotopic (exact) mass is 314 g/mol. The van der Waals surface area contributed by atoms with Gasteiger partial charge in [0.2, 0.25) is 5.91 Å². The average molecular weight is 314 g/mol. The van der Waals surface area contributed by atoms with Crippen molar-refractivity contribution < 1.29 is 14.1 Å². The fourth-order valence-corrected chi connectivity index (χ4v) is 1.92. The van der Waals surface area contributed by atoms with Gasteiger partial charge in [-0.05, 0) is 31.2 Å². The molecule has 0 fully saturated rings. The summed E-state index contributed by atoms with van der Waals surface area (Å²) in [4.78, 5) is 22.5. The Kier molecular flexibility index (Phi) is 4.94.